The minimum Gasteiger partial charge on any atom is -0.366 e. The molecule has 0 atom stereocenters. The molecule has 2 aliphatic rings. The Balaban J connectivity index is 1.25. The Labute approximate surface area is 185 Å². The summed E-state index contributed by atoms with van der Waals surface area (Å²) in [7, 11) is 0. The van der Waals surface area contributed by atoms with Crippen LogP contribution in [0.2, 0.25) is 0 Å². The van der Waals surface area contributed by atoms with Crippen molar-refractivity contribution in [1.29, 1.82) is 0 Å². The molecular weight excluding hydrogens is 384 g/mol. The van der Waals surface area contributed by atoms with Crippen LogP contribution in [0.25, 0.3) is 10.9 Å². The van der Waals surface area contributed by atoms with Crippen LogP contribution in [0.3, 0.4) is 0 Å². The molecule has 3 aromatic rings. The summed E-state index contributed by atoms with van der Waals surface area (Å²) in [6.07, 6.45) is 11.4. The molecule has 0 bridgehead atoms. The third kappa shape index (κ3) is 4.31. The van der Waals surface area contributed by atoms with Crippen molar-refractivity contribution in [3.63, 3.8) is 0 Å². The summed E-state index contributed by atoms with van der Waals surface area (Å²) < 4.78 is 2.30. The topological polar surface area (TPSA) is 50.1 Å². The van der Waals surface area contributed by atoms with E-state index in [0.717, 1.165) is 37.3 Å². The van der Waals surface area contributed by atoms with Gasteiger partial charge in [-0.1, -0.05) is 6.42 Å². The average molecular weight is 419 g/mol. The number of pyridine rings is 2. The van der Waals surface area contributed by atoms with Crippen molar-refractivity contribution in [2.24, 2.45) is 0 Å². The normalized spacial score (nSPS) is 16.9. The fourth-order valence-corrected chi connectivity index (χ4v) is 5.28. The second kappa shape index (κ2) is 8.95. The van der Waals surface area contributed by atoms with Gasteiger partial charge >= 0.3 is 0 Å². The second-order valence-electron chi connectivity index (χ2n) is 9.19. The number of hydrogen-bond donors (Lipinski definition) is 0. The Morgan fingerprint density at radius 3 is 2.71 bits per heavy atom. The third-order valence-corrected chi connectivity index (χ3v) is 6.94. The molecule has 0 spiro atoms. The summed E-state index contributed by atoms with van der Waals surface area (Å²) >= 11 is 0. The maximum absolute atomic E-state index is 4.93. The van der Waals surface area contributed by atoms with Crippen molar-refractivity contribution in [3.05, 3.63) is 47.2 Å². The minimum atomic E-state index is 0.928. The van der Waals surface area contributed by atoms with Gasteiger partial charge in [0.05, 0.1) is 17.4 Å². The lowest BCUT2D eigenvalue weighted by atomic mass is 10.0. The number of likely N-dealkylation sites (tertiary alicyclic amines) is 1. The van der Waals surface area contributed by atoms with E-state index in [-0.39, 0.29) is 0 Å². The highest BCUT2D eigenvalue weighted by Gasteiger charge is 2.24. The van der Waals surface area contributed by atoms with Crippen LogP contribution in [0.15, 0.2) is 24.5 Å². The van der Waals surface area contributed by atoms with Gasteiger partial charge in [-0.05, 0) is 71.3 Å². The van der Waals surface area contributed by atoms with Crippen molar-refractivity contribution in [3.8, 4) is 0 Å². The van der Waals surface area contributed by atoms with Gasteiger partial charge in [0.15, 0.2) is 0 Å². The van der Waals surface area contributed by atoms with Gasteiger partial charge in [-0.25, -0.2) is 0 Å². The number of aromatic nitrogens is 4. The fourth-order valence-electron chi connectivity index (χ4n) is 5.28. The molecular formula is C25H34N6. The van der Waals surface area contributed by atoms with Gasteiger partial charge in [0, 0.05) is 60.3 Å². The number of aryl methyl sites for hydroxylation is 3. The highest BCUT2D eigenvalue weighted by Crippen LogP contribution is 2.31. The quantitative estimate of drug-likeness (QED) is 0.536. The van der Waals surface area contributed by atoms with Gasteiger partial charge in [-0.15, -0.1) is 0 Å². The van der Waals surface area contributed by atoms with E-state index in [1.54, 1.807) is 0 Å². The lowest BCUT2D eigenvalue weighted by Crippen LogP contribution is -2.31. The van der Waals surface area contributed by atoms with Crippen LogP contribution >= 0.6 is 0 Å². The fraction of sp³-hybridized carbons (Fsp3) is 0.560. The largest absolute Gasteiger partial charge is 0.366 e. The van der Waals surface area contributed by atoms with E-state index in [2.05, 4.69) is 50.4 Å². The first kappa shape index (κ1) is 20.4. The van der Waals surface area contributed by atoms with E-state index in [1.807, 2.05) is 12.4 Å². The molecule has 6 nitrogen and oxygen atoms in total. The maximum Gasteiger partial charge on any atom is 0.0909 e. The highest BCUT2D eigenvalue weighted by molar-refractivity contribution is 5.91. The first-order valence-corrected chi connectivity index (χ1v) is 11.9. The SMILES string of the molecule is Cc1cc(N2CCc3c(c(C)nn3CCCCCN3CCCC3)C2)c2ccncc2n1. The monoisotopic (exact) mass is 418 g/mol. The lowest BCUT2D eigenvalue weighted by Gasteiger charge is -2.31. The van der Waals surface area contributed by atoms with Crippen molar-refractivity contribution >= 4 is 16.6 Å². The lowest BCUT2D eigenvalue weighted by molar-refractivity contribution is 0.326. The molecule has 5 heterocycles. The molecule has 164 valence electrons. The molecule has 0 N–H and O–H groups in total. The van der Waals surface area contributed by atoms with Crippen LogP contribution in [0.4, 0.5) is 5.69 Å². The van der Waals surface area contributed by atoms with Gasteiger partial charge in [0.1, 0.15) is 0 Å². The number of fused-ring (bicyclic) bond motifs is 2. The Morgan fingerprint density at radius 2 is 1.84 bits per heavy atom. The number of nitrogens with zero attached hydrogens (tertiary/aromatic N) is 6. The molecule has 1 fully saturated rings. The Hall–Kier alpha value is -2.47. The molecule has 1 saturated heterocycles. The van der Waals surface area contributed by atoms with E-state index >= 15 is 0 Å². The summed E-state index contributed by atoms with van der Waals surface area (Å²) in [5.41, 5.74) is 7.34. The van der Waals surface area contributed by atoms with Crippen LogP contribution in [-0.2, 0) is 19.5 Å². The van der Waals surface area contributed by atoms with E-state index in [0.29, 0.717) is 0 Å². The molecule has 0 aromatic carbocycles. The van der Waals surface area contributed by atoms with Gasteiger partial charge in [-0.3, -0.25) is 14.6 Å². The van der Waals surface area contributed by atoms with Crippen LogP contribution in [0.1, 0.15) is 54.7 Å². The van der Waals surface area contributed by atoms with Crippen LogP contribution < -0.4 is 4.90 Å². The smallest absolute Gasteiger partial charge is 0.0909 e. The van der Waals surface area contributed by atoms with Gasteiger partial charge in [0.2, 0.25) is 0 Å². The Morgan fingerprint density at radius 1 is 1.00 bits per heavy atom. The molecule has 2 aliphatic heterocycles. The third-order valence-electron chi connectivity index (χ3n) is 6.94. The number of rotatable bonds is 7. The summed E-state index contributed by atoms with van der Waals surface area (Å²) in [5.74, 6) is 0. The molecule has 0 aliphatic carbocycles. The summed E-state index contributed by atoms with van der Waals surface area (Å²) in [6, 6.07) is 4.30. The first-order valence-electron chi connectivity index (χ1n) is 11.9. The van der Waals surface area contributed by atoms with Gasteiger partial charge < -0.3 is 9.80 Å². The van der Waals surface area contributed by atoms with E-state index in [9.17, 15) is 0 Å². The number of unbranched alkanes of at least 4 members (excludes halogenated alkanes) is 2. The molecule has 0 unspecified atom stereocenters. The predicted molar refractivity (Wildman–Crippen MR) is 126 cm³/mol. The van der Waals surface area contributed by atoms with Crippen molar-refractivity contribution in [1.82, 2.24) is 24.6 Å². The molecule has 6 heteroatoms. The van der Waals surface area contributed by atoms with Crippen LogP contribution in [0, 0.1) is 13.8 Å². The van der Waals surface area contributed by atoms with Crippen LogP contribution in [-0.4, -0.2) is 50.8 Å². The first-order chi connectivity index (χ1) is 15.2. The molecule has 3 aromatic heterocycles. The maximum atomic E-state index is 4.93. The molecule has 31 heavy (non-hydrogen) atoms. The predicted octanol–water partition coefficient (Wildman–Crippen LogP) is 4.27. The molecule has 0 amide bonds. The molecule has 0 radical (unpaired) electrons. The number of anilines is 1. The minimum absolute atomic E-state index is 0.928. The zero-order valence-corrected chi connectivity index (χ0v) is 19.0. The molecule has 0 saturated carbocycles. The summed E-state index contributed by atoms with van der Waals surface area (Å²) in [5, 5.41) is 6.12. The van der Waals surface area contributed by atoms with Gasteiger partial charge in [-0.2, -0.15) is 5.10 Å². The van der Waals surface area contributed by atoms with Gasteiger partial charge in [0.25, 0.3) is 0 Å². The summed E-state index contributed by atoms with van der Waals surface area (Å²) in [6.45, 7) is 11.1. The van der Waals surface area contributed by atoms with Crippen molar-refractivity contribution < 1.29 is 0 Å². The Kier molecular flexibility index (Phi) is 5.90. The Bertz CT molecular complexity index is 1050. The highest BCUT2D eigenvalue weighted by atomic mass is 15.3. The standard InChI is InChI=1S/C25H34N6/c1-19-16-25(21-8-10-26-17-23(21)27-19)30-15-9-24-22(18-30)20(2)28-31(24)14-5-3-4-11-29-12-6-7-13-29/h8,10,16-17H,3-7,9,11-15,18H2,1-2H3. The van der Waals surface area contributed by atoms with E-state index < -0.39 is 0 Å². The van der Waals surface area contributed by atoms with E-state index in [4.69, 9.17) is 5.10 Å². The average Bonchev–Trinajstić information content (AvgIpc) is 3.41. The summed E-state index contributed by atoms with van der Waals surface area (Å²) in [4.78, 5) is 14.0. The van der Waals surface area contributed by atoms with E-state index in [1.165, 1.54) is 79.8 Å². The van der Waals surface area contributed by atoms with Crippen LogP contribution in [0.5, 0.6) is 0 Å². The van der Waals surface area contributed by atoms with Crippen molar-refractivity contribution in [2.45, 2.75) is 65.5 Å². The molecule has 5 rings (SSSR count). The van der Waals surface area contributed by atoms with Crippen molar-refractivity contribution in [2.75, 3.05) is 31.1 Å². The number of hydrogen-bond acceptors (Lipinski definition) is 5. The zero-order chi connectivity index (χ0) is 21.2. The second-order valence-corrected chi connectivity index (χ2v) is 9.19. The zero-order valence-electron chi connectivity index (χ0n) is 19.0.